The first-order valence-electron chi connectivity index (χ1n) is 2.64. The van der Waals surface area contributed by atoms with E-state index in [4.69, 9.17) is 5.73 Å². The lowest BCUT2D eigenvalue weighted by Gasteiger charge is -1.98. The van der Waals surface area contributed by atoms with Crippen molar-refractivity contribution in [1.29, 1.82) is 0 Å². The van der Waals surface area contributed by atoms with Crippen molar-refractivity contribution in [1.82, 2.24) is 0 Å². The molecule has 8 heavy (non-hydrogen) atoms. The summed E-state index contributed by atoms with van der Waals surface area (Å²) >= 11 is 0. The Labute approximate surface area is 47.8 Å². The Bertz CT molecular complexity index is 113. The summed E-state index contributed by atoms with van der Waals surface area (Å²) in [6.07, 6.45) is 0. The van der Waals surface area contributed by atoms with E-state index >= 15 is 0 Å². The van der Waals surface area contributed by atoms with Crippen molar-refractivity contribution < 1.29 is 9.53 Å². The van der Waals surface area contributed by atoms with Crippen LogP contribution in [0, 0.1) is 5.92 Å². The summed E-state index contributed by atoms with van der Waals surface area (Å²) in [6, 6.07) is -0.380. The van der Waals surface area contributed by atoms with Gasteiger partial charge in [-0.05, 0) is 0 Å². The quantitative estimate of drug-likeness (QED) is 0.433. The molecule has 1 aliphatic heterocycles. The third kappa shape index (κ3) is 0.690. The van der Waals surface area contributed by atoms with Gasteiger partial charge in [0.2, 0.25) is 0 Å². The van der Waals surface area contributed by atoms with Crippen LogP contribution in [0.2, 0.25) is 0 Å². The molecular formula is C5H9NO2. The molecule has 2 unspecified atom stereocenters. The Balaban J connectivity index is 2.56. The van der Waals surface area contributed by atoms with Crippen molar-refractivity contribution >= 4 is 5.97 Å². The summed E-state index contributed by atoms with van der Waals surface area (Å²) in [5, 5.41) is 0. The first kappa shape index (κ1) is 5.56. The minimum Gasteiger partial charge on any atom is -0.464 e. The highest BCUT2D eigenvalue weighted by molar-refractivity contribution is 5.77. The first-order valence-corrected chi connectivity index (χ1v) is 2.64. The van der Waals surface area contributed by atoms with Crippen molar-refractivity contribution in [2.24, 2.45) is 11.7 Å². The SMILES string of the molecule is CC1COC(=O)C1N. The summed E-state index contributed by atoms with van der Waals surface area (Å²) in [7, 11) is 0. The van der Waals surface area contributed by atoms with E-state index in [1.807, 2.05) is 6.92 Å². The number of cyclic esters (lactones) is 1. The van der Waals surface area contributed by atoms with Crippen LogP contribution in [0.25, 0.3) is 0 Å². The van der Waals surface area contributed by atoms with Gasteiger partial charge in [0.05, 0.1) is 6.61 Å². The fourth-order valence-corrected chi connectivity index (χ4v) is 0.646. The minimum absolute atomic E-state index is 0.197. The van der Waals surface area contributed by atoms with Crippen molar-refractivity contribution in [3.05, 3.63) is 0 Å². The molecule has 2 N–H and O–H groups in total. The fourth-order valence-electron chi connectivity index (χ4n) is 0.646. The second-order valence-corrected chi connectivity index (χ2v) is 2.13. The molecular weight excluding hydrogens is 106 g/mol. The van der Waals surface area contributed by atoms with Crippen LogP contribution in [0.1, 0.15) is 6.92 Å². The second-order valence-electron chi connectivity index (χ2n) is 2.13. The van der Waals surface area contributed by atoms with E-state index in [1.165, 1.54) is 0 Å². The van der Waals surface area contributed by atoms with E-state index in [1.54, 1.807) is 0 Å². The van der Waals surface area contributed by atoms with Gasteiger partial charge in [-0.25, -0.2) is 0 Å². The Hall–Kier alpha value is -0.570. The lowest BCUT2D eigenvalue weighted by molar-refractivity contribution is -0.139. The standard InChI is InChI=1S/C5H9NO2/c1-3-2-8-5(7)4(3)6/h3-4H,2,6H2,1H3. The number of esters is 1. The van der Waals surface area contributed by atoms with Gasteiger partial charge in [-0.3, -0.25) is 4.79 Å². The maximum absolute atomic E-state index is 10.4. The van der Waals surface area contributed by atoms with Gasteiger partial charge in [0.25, 0.3) is 0 Å². The minimum atomic E-state index is -0.380. The van der Waals surface area contributed by atoms with E-state index in [0.717, 1.165) is 0 Å². The van der Waals surface area contributed by atoms with E-state index in [2.05, 4.69) is 4.74 Å². The molecule has 0 bridgehead atoms. The van der Waals surface area contributed by atoms with E-state index in [0.29, 0.717) is 6.61 Å². The van der Waals surface area contributed by atoms with Crippen molar-refractivity contribution in [2.45, 2.75) is 13.0 Å². The van der Waals surface area contributed by atoms with Gasteiger partial charge in [-0.2, -0.15) is 0 Å². The average Bonchev–Trinajstić information content (AvgIpc) is 1.98. The van der Waals surface area contributed by atoms with Gasteiger partial charge in [-0.15, -0.1) is 0 Å². The highest BCUT2D eigenvalue weighted by atomic mass is 16.5. The fraction of sp³-hybridized carbons (Fsp3) is 0.800. The lowest BCUT2D eigenvalue weighted by Crippen LogP contribution is -2.30. The van der Waals surface area contributed by atoms with E-state index in [-0.39, 0.29) is 17.9 Å². The van der Waals surface area contributed by atoms with Crippen LogP contribution in [0.4, 0.5) is 0 Å². The van der Waals surface area contributed by atoms with Crippen LogP contribution < -0.4 is 5.73 Å². The van der Waals surface area contributed by atoms with Crippen LogP contribution >= 0.6 is 0 Å². The number of hydrogen-bond acceptors (Lipinski definition) is 3. The Kier molecular flexibility index (Phi) is 1.21. The molecule has 3 nitrogen and oxygen atoms in total. The predicted octanol–water partition coefficient (Wildman–Crippen LogP) is -0.493. The largest absolute Gasteiger partial charge is 0.464 e. The Morgan fingerprint density at radius 1 is 1.88 bits per heavy atom. The number of hydrogen-bond donors (Lipinski definition) is 1. The van der Waals surface area contributed by atoms with Gasteiger partial charge in [0.1, 0.15) is 6.04 Å². The van der Waals surface area contributed by atoms with Crippen molar-refractivity contribution in [3.63, 3.8) is 0 Å². The maximum atomic E-state index is 10.4. The Morgan fingerprint density at radius 3 is 2.62 bits per heavy atom. The zero-order valence-corrected chi connectivity index (χ0v) is 4.76. The smallest absolute Gasteiger partial charge is 0.323 e. The van der Waals surface area contributed by atoms with Crippen LogP contribution in [0.3, 0.4) is 0 Å². The highest BCUT2D eigenvalue weighted by Gasteiger charge is 2.29. The maximum Gasteiger partial charge on any atom is 0.323 e. The number of carbonyl (C=O) groups is 1. The van der Waals surface area contributed by atoms with Crippen molar-refractivity contribution in [2.75, 3.05) is 6.61 Å². The molecule has 0 aliphatic carbocycles. The van der Waals surface area contributed by atoms with Crippen LogP contribution in [0.15, 0.2) is 0 Å². The molecule has 1 heterocycles. The topological polar surface area (TPSA) is 52.3 Å². The van der Waals surface area contributed by atoms with E-state index in [9.17, 15) is 4.79 Å². The molecule has 1 rings (SSSR count). The molecule has 1 saturated heterocycles. The lowest BCUT2D eigenvalue weighted by atomic mass is 10.1. The van der Waals surface area contributed by atoms with E-state index < -0.39 is 0 Å². The molecule has 1 aliphatic rings. The molecule has 0 saturated carbocycles. The number of nitrogens with two attached hydrogens (primary N) is 1. The average molecular weight is 115 g/mol. The van der Waals surface area contributed by atoms with Crippen LogP contribution in [-0.4, -0.2) is 18.6 Å². The van der Waals surface area contributed by atoms with Gasteiger partial charge < -0.3 is 10.5 Å². The number of carbonyl (C=O) groups excluding carboxylic acids is 1. The monoisotopic (exact) mass is 115 g/mol. The number of rotatable bonds is 0. The van der Waals surface area contributed by atoms with Crippen LogP contribution in [-0.2, 0) is 9.53 Å². The van der Waals surface area contributed by atoms with Gasteiger partial charge in [-0.1, -0.05) is 6.92 Å². The molecule has 0 aromatic rings. The highest BCUT2D eigenvalue weighted by Crippen LogP contribution is 2.10. The predicted molar refractivity (Wildman–Crippen MR) is 28.1 cm³/mol. The molecule has 1 fully saturated rings. The first-order chi connectivity index (χ1) is 3.72. The van der Waals surface area contributed by atoms with Crippen LogP contribution in [0.5, 0.6) is 0 Å². The van der Waals surface area contributed by atoms with Gasteiger partial charge >= 0.3 is 5.97 Å². The molecule has 46 valence electrons. The molecule has 0 radical (unpaired) electrons. The Morgan fingerprint density at radius 2 is 2.50 bits per heavy atom. The normalized spacial score (nSPS) is 37.5. The number of ether oxygens (including phenoxy) is 1. The summed E-state index contributed by atoms with van der Waals surface area (Å²) in [6.45, 7) is 2.38. The molecule has 2 atom stereocenters. The molecule has 3 heteroatoms. The summed E-state index contributed by atoms with van der Waals surface area (Å²) < 4.78 is 4.61. The molecule has 0 amide bonds. The third-order valence-corrected chi connectivity index (χ3v) is 1.37. The van der Waals surface area contributed by atoms with Crippen molar-refractivity contribution in [3.8, 4) is 0 Å². The zero-order valence-electron chi connectivity index (χ0n) is 4.76. The summed E-state index contributed by atoms with van der Waals surface area (Å²) in [5.41, 5.74) is 5.35. The third-order valence-electron chi connectivity index (χ3n) is 1.37. The summed E-state index contributed by atoms with van der Waals surface area (Å²) in [4.78, 5) is 10.4. The second kappa shape index (κ2) is 1.74. The molecule has 0 aromatic heterocycles. The molecule has 0 aromatic carbocycles. The van der Waals surface area contributed by atoms with Gasteiger partial charge in [0.15, 0.2) is 0 Å². The molecule has 0 spiro atoms. The zero-order chi connectivity index (χ0) is 6.15. The van der Waals surface area contributed by atoms with Gasteiger partial charge in [0, 0.05) is 5.92 Å². The summed E-state index contributed by atoms with van der Waals surface area (Å²) in [5.74, 6) is -0.0694.